The van der Waals surface area contributed by atoms with E-state index in [9.17, 15) is 23.3 Å². The second-order valence-electron chi connectivity index (χ2n) is 4.44. The Kier molecular flexibility index (Phi) is 4.58. The summed E-state index contributed by atoms with van der Waals surface area (Å²) in [7, 11) is -3.87. The number of benzene rings is 2. The first-order valence-electron chi connectivity index (χ1n) is 6.05. The van der Waals surface area contributed by atoms with Crippen molar-refractivity contribution in [2.24, 2.45) is 0 Å². The molecule has 0 heterocycles. The number of nitrogens with zero attached hydrogens (tertiary/aromatic N) is 1. The van der Waals surface area contributed by atoms with Crippen LogP contribution in [0.5, 0.6) is 0 Å². The van der Waals surface area contributed by atoms with Crippen LogP contribution in [0.4, 0.5) is 5.69 Å². The number of nitro benzene ring substituents is 1. The predicted octanol–water partition coefficient (Wildman–Crippen LogP) is 2.90. The number of ketones is 1. The lowest BCUT2D eigenvalue weighted by Gasteiger charge is -2.04. The molecule has 0 aliphatic carbocycles. The van der Waals surface area contributed by atoms with Gasteiger partial charge in [0.1, 0.15) is 5.75 Å². The van der Waals surface area contributed by atoms with Crippen LogP contribution in [-0.2, 0) is 9.84 Å². The van der Waals surface area contributed by atoms with Gasteiger partial charge >= 0.3 is 0 Å². The molecule has 2 rings (SSSR count). The molecule has 114 valence electrons. The third kappa shape index (κ3) is 3.69. The lowest BCUT2D eigenvalue weighted by Crippen LogP contribution is -2.16. The van der Waals surface area contributed by atoms with E-state index >= 15 is 0 Å². The number of carbonyl (C=O) groups is 1. The summed E-state index contributed by atoms with van der Waals surface area (Å²) in [5, 5.41) is 11.0. The summed E-state index contributed by atoms with van der Waals surface area (Å²) in [5.74, 6) is -1.29. The number of non-ortho nitro benzene ring substituents is 1. The molecule has 0 bridgehead atoms. The van der Waals surface area contributed by atoms with Crippen LogP contribution < -0.4 is 0 Å². The fraction of sp³-hybridized carbons (Fsp3) is 0.0714. The van der Waals surface area contributed by atoms with Crippen molar-refractivity contribution in [3.63, 3.8) is 0 Å². The van der Waals surface area contributed by atoms with Gasteiger partial charge in [-0.1, -0.05) is 11.6 Å². The van der Waals surface area contributed by atoms with Crippen molar-refractivity contribution in [1.82, 2.24) is 0 Å². The third-order valence-corrected chi connectivity index (χ3v) is 4.78. The molecule has 0 amide bonds. The second kappa shape index (κ2) is 6.25. The Hall–Kier alpha value is -2.25. The highest BCUT2D eigenvalue weighted by atomic mass is 35.5. The van der Waals surface area contributed by atoms with E-state index in [1.165, 1.54) is 24.3 Å². The van der Waals surface area contributed by atoms with Crippen LogP contribution >= 0.6 is 11.6 Å². The zero-order valence-electron chi connectivity index (χ0n) is 11.1. The first kappa shape index (κ1) is 16.1. The van der Waals surface area contributed by atoms with Gasteiger partial charge in [0, 0.05) is 22.7 Å². The normalized spacial score (nSPS) is 11.1. The van der Waals surface area contributed by atoms with Crippen LogP contribution in [0.1, 0.15) is 10.4 Å². The Morgan fingerprint density at radius 1 is 1.05 bits per heavy atom. The van der Waals surface area contributed by atoms with E-state index in [4.69, 9.17) is 11.6 Å². The second-order valence-corrected chi connectivity index (χ2v) is 6.87. The highest BCUT2D eigenvalue weighted by Crippen LogP contribution is 2.18. The molecule has 0 fully saturated rings. The number of sulfone groups is 1. The Morgan fingerprint density at radius 3 is 2.09 bits per heavy atom. The number of halogens is 1. The Bertz CT molecular complexity index is 813. The molecule has 0 aliphatic heterocycles. The SMILES string of the molecule is O=C(CS(=O)(=O)c1ccc([N+](=O)[O-])cc1)c1ccc(Cl)cc1. The highest BCUT2D eigenvalue weighted by molar-refractivity contribution is 7.92. The van der Waals surface area contributed by atoms with E-state index in [1.54, 1.807) is 0 Å². The van der Waals surface area contributed by atoms with Crippen LogP contribution in [0.25, 0.3) is 0 Å². The van der Waals surface area contributed by atoms with Gasteiger partial charge in [-0.15, -0.1) is 0 Å². The molecule has 0 N–H and O–H groups in total. The topological polar surface area (TPSA) is 94.3 Å². The van der Waals surface area contributed by atoms with E-state index in [2.05, 4.69) is 0 Å². The maximum Gasteiger partial charge on any atom is 0.269 e. The van der Waals surface area contributed by atoms with Crippen LogP contribution in [-0.4, -0.2) is 24.9 Å². The molecule has 0 atom stereocenters. The van der Waals surface area contributed by atoms with Crippen LogP contribution in [0, 0.1) is 10.1 Å². The molecule has 0 aliphatic rings. The molecule has 2 aromatic rings. The molecule has 0 unspecified atom stereocenters. The van der Waals surface area contributed by atoms with Gasteiger partial charge in [0.25, 0.3) is 5.69 Å². The number of nitro groups is 1. The lowest BCUT2D eigenvalue weighted by atomic mass is 10.1. The smallest absolute Gasteiger partial charge is 0.269 e. The summed E-state index contributed by atoms with van der Waals surface area (Å²) in [6.45, 7) is 0. The van der Waals surface area contributed by atoms with Gasteiger partial charge in [-0.3, -0.25) is 14.9 Å². The standard InChI is InChI=1S/C14H10ClNO5S/c15-11-3-1-10(2-4-11)14(17)9-22(20,21)13-7-5-12(6-8-13)16(18)19/h1-8H,9H2. The molecule has 22 heavy (non-hydrogen) atoms. The minimum absolute atomic E-state index is 0.139. The monoisotopic (exact) mass is 339 g/mol. The molecule has 0 aromatic heterocycles. The Balaban J connectivity index is 2.21. The Labute approximate surface area is 131 Å². The van der Waals surface area contributed by atoms with Crippen molar-refractivity contribution < 1.29 is 18.1 Å². The fourth-order valence-electron chi connectivity index (χ4n) is 1.75. The maximum absolute atomic E-state index is 12.1. The van der Waals surface area contributed by atoms with E-state index in [0.717, 1.165) is 24.3 Å². The lowest BCUT2D eigenvalue weighted by molar-refractivity contribution is -0.384. The van der Waals surface area contributed by atoms with Gasteiger partial charge in [0.05, 0.1) is 9.82 Å². The van der Waals surface area contributed by atoms with Gasteiger partial charge in [0.2, 0.25) is 0 Å². The van der Waals surface area contributed by atoms with Gasteiger partial charge < -0.3 is 0 Å². The molecular formula is C14H10ClNO5S. The summed E-state index contributed by atoms with van der Waals surface area (Å²) >= 11 is 5.70. The number of rotatable bonds is 5. The Morgan fingerprint density at radius 2 is 1.59 bits per heavy atom. The van der Waals surface area contributed by atoms with Crippen LogP contribution in [0.3, 0.4) is 0 Å². The summed E-state index contributed by atoms with van der Waals surface area (Å²) in [6, 6.07) is 10.3. The molecule has 2 aromatic carbocycles. The average molecular weight is 340 g/mol. The largest absolute Gasteiger partial charge is 0.293 e. The van der Waals surface area contributed by atoms with Crippen LogP contribution in [0.15, 0.2) is 53.4 Å². The van der Waals surface area contributed by atoms with Gasteiger partial charge in [-0.25, -0.2) is 8.42 Å². The summed E-state index contributed by atoms with van der Waals surface area (Å²) < 4.78 is 24.3. The van der Waals surface area contributed by atoms with Crippen molar-refractivity contribution in [2.75, 3.05) is 5.75 Å². The summed E-state index contributed by atoms with van der Waals surface area (Å²) in [6.07, 6.45) is 0. The van der Waals surface area contributed by atoms with E-state index in [1.807, 2.05) is 0 Å². The first-order chi connectivity index (χ1) is 10.3. The quantitative estimate of drug-likeness (QED) is 0.474. The van der Waals surface area contributed by atoms with Crippen molar-refractivity contribution in [3.8, 4) is 0 Å². The number of Topliss-reactive ketones (excluding diaryl/α,β-unsaturated/α-hetero) is 1. The maximum atomic E-state index is 12.1. The minimum Gasteiger partial charge on any atom is -0.293 e. The van der Waals surface area contributed by atoms with Gasteiger partial charge in [0.15, 0.2) is 15.6 Å². The van der Waals surface area contributed by atoms with Gasteiger partial charge in [-0.2, -0.15) is 0 Å². The van der Waals surface area contributed by atoms with E-state index in [-0.39, 0.29) is 16.1 Å². The van der Waals surface area contributed by atoms with Gasteiger partial charge in [-0.05, 0) is 36.4 Å². The number of hydrogen-bond acceptors (Lipinski definition) is 5. The molecule has 0 saturated heterocycles. The molecule has 0 radical (unpaired) electrons. The summed E-state index contributed by atoms with van der Waals surface area (Å²) in [4.78, 5) is 21.8. The molecule has 0 saturated carbocycles. The van der Waals surface area contributed by atoms with Crippen molar-refractivity contribution >= 4 is 32.9 Å². The predicted molar refractivity (Wildman–Crippen MR) is 80.9 cm³/mol. The number of carbonyl (C=O) groups excluding carboxylic acids is 1. The van der Waals surface area contributed by atoms with Crippen LogP contribution in [0.2, 0.25) is 5.02 Å². The third-order valence-electron chi connectivity index (χ3n) is 2.89. The fourth-order valence-corrected chi connectivity index (χ4v) is 3.11. The van der Waals surface area contributed by atoms with E-state index in [0.29, 0.717) is 5.02 Å². The van der Waals surface area contributed by atoms with Crippen molar-refractivity contribution in [1.29, 1.82) is 0 Å². The van der Waals surface area contributed by atoms with Crippen molar-refractivity contribution in [2.45, 2.75) is 4.90 Å². The zero-order valence-corrected chi connectivity index (χ0v) is 12.7. The molecule has 8 heteroatoms. The minimum atomic E-state index is -3.87. The molecular weight excluding hydrogens is 330 g/mol. The molecule has 0 spiro atoms. The molecule has 6 nitrogen and oxygen atoms in total. The highest BCUT2D eigenvalue weighted by Gasteiger charge is 2.21. The van der Waals surface area contributed by atoms with Crippen molar-refractivity contribution in [3.05, 3.63) is 69.2 Å². The zero-order chi connectivity index (χ0) is 16.3. The first-order valence-corrected chi connectivity index (χ1v) is 8.08. The summed E-state index contributed by atoms with van der Waals surface area (Å²) in [5.41, 5.74) is 0.0119. The van der Waals surface area contributed by atoms with E-state index < -0.39 is 26.3 Å². The number of hydrogen-bond donors (Lipinski definition) is 0. The average Bonchev–Trinajstić information content (AvgIpc) is 2.47.